The van der Waals surface area contributed by atoms with Gasteiger partial charge in [0.25, 0.3) is 0 Å². The summed E-state index contributed by atoms with van der Waals surface area (Å²) in [5.41, 5.74) is 0. The van der Waals surface area contributed by atoms with Crippen LogP contribution in [-0.4, -0.2) is 17.8 Å². The van der Waals surface area contributed by atoms with E-state index < -0.39 is 0 Å². The molecule has 1 aliphatic carbocycles. The Bertz CT molecular complexity index is 411. The van der Waals surface area contributed by atoms with Crippen LogP contribution in [-0.2, 0) is 0 Å². The molecule has 18 heavy (non-hydrogen) atoms. The molecule has 4 heteroatoms. The van der Waals surface area contributed by atoms with E-state index in [0.29, 0.717) is 17.2 Å². The first-order valence-electron chi connectivity index (χ1n) is 6.47. The highest BCUT2D eigenvalue weighted by molar-refractivity contribution is 8.00. The van der Waals surface area contributed by atoms with Gasteiger partial charge in [-0.2, -0.15) is 0 Å². The molecule has 0 spiro atoms. The summed E-state index contributed by atoms with van der Waals surface area (Å²) in [4.78, 5) is 1.11. The Morgan fingerprint density at radius 1 is 1.33 bits per heavy atom. The number of nitrogens with one attached hydrogen (secondary N) is 1. The van der Waals surface area contributed by atoms with E-state index in [2.05, 4.69) is 19.2 Å². The first-order valence-corrected chi connectivity index (χ1v) is 8.10. The molecule has 0 aliphatic heterocycles. The van der Waals surface area contributed by atoms with E-state index in [1.54, 1.807) is 0 Å². The van der Waals surface area contributed by atoms with Crippen LogP contribution in [0.25, 0.3) is 0 Å². The topological polar surface area (TPSA) is 12.0 Å². The van der Waals surface area contributed by atoms with E-state index in [-0.39, 0.29) is 0 Å². The van der Waals surface area contributed by atoms with Gasteiger partial charge in [0.1, 0.15) is 0 Å². The van der Waals surface area contributed by atoms with E-state index in [1.807, 2.05) is 30.0 Å². The van der Waals surface area contributed by atoms with Gasteiger partial charge in [-0.05, 0) is 43.5 Å². The molecule has 1 N–H and O–H groups in total. The Labute approximate surface area is 124 Å². The fourth-order valence-electron chi connectivity index (χ4n) is 2.58. The molecule has 1 nitrogen and oxygen atoms in total. The van der Waals surface area contributed by atoms with Crippen molar-refractivity contribution in [3.63, 3.8) is 0 Å². The van der Waals surface area contributed by atoms with Gasteiger partial charge >= 0.3 is 0 Å². The molecule has 0 radical (unpaired) electrons. The number of hydrogen-bond donors (Lipinski definition) is 1. The lowest BCUT2D eigenvalue weighted by Crippen LogP contribution is -2.32. The van der Waals surface area contributed by atoms with Crippen LogP contribution in [0.5, 0.6) is 0 Å². The molecule has 0 heterocycles. The lowest BCUT2D eigenvalue weighted by Gasteiger charge is -2.21. The van der Waals surface area contributed by atoms with Crippen molar-refractivity contribution in [1.82, 2.24) is 5.32 Å². The largest absolute Gasteiger partial charge is 0.314 e. The summed E-state index contributed by atoms with van der Waals surface area (Å²) in [6, 6.07) is 6.34. The van der Waals surface area contributed by atoms with Gasteiger partial charge in [-0.1, -0.05) is 37.0 Å². The first-order chi connectivity index (χ1) is 8.61. The minimum Gasteiger partial charge on any atom is -0.314 e. The van der Waals surface area contributed by atoms with Crippen LogP contribution in [0.2, 0.25) is 10.0 Å². The average Bonchev–Trinajstić information content (AvgIpc) is 2.67. The maximum Gasteiger partial charge on any atom is 0.0542 e. The maximum atomic E-state index is 6.22. The standard InChI is InChI=1S/C14H19Cl2NS/c1-3-17-12-6-7-13(9(12)2)18-14-8-10(15)4-5-11(14)16/h4-5,8-9,12-13,17H,3,6-7H2,1-2H3. The molecule has 0 aromatic heterocycles. The predicted molar refractivity (Wildman–Crippen MR) is 82.0 cm³/mol. The highest BCUT2D eigenvalue weighted by Crippen LogP contribution is 2.41. The molecule has 0 bridgehead atoms. The van der Waals surface area contributed by atoms with Gasteiger partial charge in [0.2, 0.25) is 0 Å². The van der Waals surface area contributed by atoms with Crippen molar-refractivity contribution in [3.05, 3.63) is 28.2 Å². The first kappa shape index (κ1) is 14.5. The monoisotopic (exact) mass is 303 g/mol. The molecule has 2 rings (SSSR count). The minimum absolute atomic E-state index is 0.630. The minimum atomic E-state index is 0.630. The van der Waals surface area contributed by atoms with E-state index >= 15 is 0 Å². The van der Waals surface area contributed by atoms with Crippen LogP contribution in [0.1, 0.15) is 26.7 Å². The molecule has 1 aromatic rings. The second-order valence-electron chi connectivity index (χ2n) is 4.83. The lowest BCUT2D eigenvalue weighted by molar-refractivity contribution is 0.441. The third-order valence-electron chi connectivity index (χ3n) is 3.62. The Morgan fingerprint density at radius 3 is 2.83 bits per heavy atom. The smallest absolute Gasteiger partial charge is 0.0542 e. The Morgan fingerprint density at radius 2 is 2.11 bits per heavy atom. The van der Waals surface area contributed by atoms with Gasteiger partial charge in [-0.15, -0.1) is 11.8 Å². The predicted octanol–water partition coefficient (Wildman–Crippen LogP) is 4.86. The maximum absolute atomic E-state index is 6.22. The molecule has 1 aliphatic rings. The second-order valence-corrected chi connectivity index (χ2v) is 6.96. The molecule has 3 unspecified atom stereocenters. The quantitative estimate of drug-likeness (QED) is 0.852. The third kappa shape index (κ3) is 3.36. The molecule has 1 aromatic carbocycles. The highest BCUT2D eigenvalue weighted by Gasteiger charge is 2.33. The molecule has 1 fully saturated rings. The number of thioether (sulfide) groups is 1. The average molecular weight is 304 g/mol. The van der Waals surface area contributed by atoms with Crippen molar-refractivity contribution >= 4 is 35.0 Å². The van der Waals surface area contributed by atoms with Gasteiger partial charge in [0.05, 0.1) is 5.02 Å². The summed E-state index contributed by atoms with van der Waals surface area (Å²) in [6.45, 7) is 5.54. The van der Waals surface area contributed by atoms with Gasteiger partial charge in [0.15, 0.2) is 0 Å². The lowest BCUT2D eigenvalue weighted by atomic mass is 10.1. The van der Waals surface area contributed by atoms with Gasteiger partial charge in [-0.3, -0.25) is 0 Å². The fourth-order valence-corrected chi connectivity index (χ4v) is 4.42. The molecule has 1 saturated carbocycles. The van der Waals surface area contributed by atoms with E-state index in [9.17, 15) is 0 Å². The van der Waals surface area contributed by atoms with Crippen molar-refractivity contribution in [2.45, 2.75) is 42.9 Å². The fraction of sp³-hybridized carbons (Fsp3) is 0.571. The van der Waals surface area contributed by atoms with Crippen LogP contribution >= 0.6 is 35.0 Å². The van der Waals surface area contributed by atoms with Gasteiger partial charge < -0.3 is 5.32 Å². The van der Waals surface area contributed by atoms with Gasteiger partial charge in [0, 0.05) is 21.2 Å². The van der Waals surface area contributed by atoms with Crippen LogP contribution in [0.4, 0.5) is 0 Å². The zero-order valence-electron chi connectivity index (χ0n) is 10.7. The molecule has 100 valence electrons. The zero-order chi connectivity index (χ0) is 13.1. The number of halogens is 2. The highest BCUT2D eigenvalue weighted by atomic mass is 35.5. The Hall–Kier alpha value is 0.110. The summed E-state index contributed by atoms with van der Waals surface area (Å²) < 4.78 is 0. The number of benzene rings is 1. The van der Waals surface area contributed by atoms with Crippen molar-refractivity contribution in [3.8, 4) is 0 Å². The van der Waals surface area contributed by atoms with Crippen molar-refractivity contribution in [2.24, 2.45) is 5.92 Å². The summed E-state index contributed by atoms with van der Waals surface area (Å²) in [7, 11) is 0. The number of rotatable bonds is 4. The number of hydrogen-bond acceptors (Lipinski definition) is 2. The van der Waals surface area contributed by atoms with Crippen LogP contribution in [0, 0.1) is 5.92 Å². The summed E-state index contributed by atoms with van der Waals surface area (Å²) in [5.74, 6) is 0.671. The summed E-state index contributed by atoms with van der Waals surface area (Å²) in [6.07, 6.45) is 2.50. The van der Waals surface area contributed by atoms with Crippen LogP contribution < -0.4 is 5.32 Å². The molecule has 0 saturated heterocycles. The zero-order valence-corrected chi connectivity index (χ0v) is 13.1. The van der Waals surface area contributed by atoms with Crippen molar-refractivity contribution < 1.29 is 0 Å². The normalized spacial score (nSPS) is 27.7. The van der Waals surface area contributed by atoms with Crippen molar-refractivity contribution in [2.75, 3.05) is 6.54 Å². The Kier molecular flexibility index (Phi) is 5.25. The molecule has 3 atom stereocenters. The van der Waals surface area contributed by atoms with Gasteiger partial charge in [-0.25, -0.2) is 0 Å². The Balaban J connectivity index is 2.04. The van der Waals surface area contributed by atoms with E-state index in [4.69, 9.17) is 23.2 Å². The van der Waals surface area contributed by atoms with Crippen LogP contribution in [0.3, 0.4) is 0 Å². The second kappa shape index (κ2) is 6.51. The molecular formula is C14H19Cl2NS. The molecule has 0 amide bonds. The van der Waals surface area contributed by atoms with Crippen LogP contribution in [0.15, 0.2) is 23.1 Å². The SMILES string of the molecule is CCNC1CCC(Sc2cc(Cl)ccc2Cl)C1C. The van der Waals surface area contributed by atoms with E-state index in [1.165, 1.54) is 12.8 Å². The molecular weight excluding hydrogens is 285 g/mol. The summed E-state index contributed by atoms with van der Waals surface area (Å²) in [5, 5.41) is 5.76. The van der Waals surface area contributed by atoms with E-state index in [0.717, 1.165) is 21.5 Å². The third-order valence-corrected chi connectivity index (χ3v) is 5.86. The summed E-state index contributed by atoms with van der Waals surface area (Å²) >= 11 is 14.1. The van der Waals surface area contributed by atoms with Crippen molar-refractivity contribution in [1.29, 1.82) is 0 Å².